The van der Waals surface area contributed by atoms with E-state index in [1.54, 1.807) is 5.32 Å². The standard InChI is InChI=1S/C12H9ClF5NO4/c1-23-10(21)11(22,12(16,17)18)8(13)9(20)19-7-3-2-5(14)4-6(7)15/h2-4,8,22H,1H3,(H,19,20)/t8-,11-/m0/s1. The number of anilines is 1. The molecule has 0 fully saturated rings. The number of methoxy groups -OCH3 is 1. The van der Waals surface area contributed by atoms with Crippen molar-refractivity contribution in [3.05, 3.63) is 29.8 Å². The number of hydrogen-bond acceptors (Lipinski definition) is 4. The zero-order valence-corrected chi connectivity index (χ0v) is 12.0. The molecular weight excluding hydrogens is 353 g/mol. The van der Waals surface area contributed by atoms with Gasteiger partial charge in [0.05, 0.1) is 12.8 Å². The van der Waals surface area contributed by atoms with Crippen LogP contribution in [-0.4, -0.2) is 41.2 Å². The molecule has 0 unspecified atom stereocenters. The maximum atomic E-state index is 13.4. The van der Waals surface area contributed by atoms with Crippen molar-refractivity contribution in [3.8, 4) is 0 Å². The predicted octanol–water partition coefficient (Wildman–Crippen LogP) is 1.98. The number of benzene rings is 1. The molecule has 2 N–H and O–H groups in total. The van der Waals surface area contributed by atoms with E-state index in [1.165, 1.54) is 0 Å². The van der Waals surface area contributed by atoms with E-state index >= 15 is 0 Å². The summed E-state index contributed by atoms with van der Waals surface area (Å²) in [5.74, 6) is -6.26. The quantitative estimate of drug-likeness (QED) is 0.488. The fourth-order valence-electron chi connectivity index (χ4n) is 1.50. The smallest absolute Gasteiger partial charge is 0.430 e. The van der Waals surface area contributed by atoms with Crippen molar-refractivity contribution in [3.63, 3.8) is 0 Å². The molecule has 0 spiro atoms. The van der Waals surface area contributed by atoms with Crippen molar-refractivity contribution in [1.82, 2.24) is 0 Å². The summed E-state index contributed by atoms with van der Waals surface area (Å²) in [5.41, 5.74) is -5.05. The van der Waals surface area contributed by atoms with Crippen molar-refractivity contribution in [2.45, 2.75) is 17.2 Å². The number of carbonyl (C=O) groups excluding carboxylic acids is 2. The number of halogens is 6. The molecule has 2 atom stereocenters. The molecule has 1 aromatic carbocycles. The molecule has 0 saturated heterocycles. The minimum Gasteiger partial charge on any atom is -0.467 e. The van der Waals surface area contributed by atoms with Crippen molar-refractivity contribution in [2.75, 3.05) is 12.4 Å². The monoisotopic (exact) mass is 361 g/mol. The molecule has 0 bridgehead atoms. The predicted molar refractivity (Wildman–Crippen MR) is 67.6 cm³/mol. The number of rotatable bonds is 4. The molecule has 1 aromatic rings. The SMILES string of the molecule is COC(=O)[C@@](O)([C@@H](Cl)C(=O)Nc1ccc(F)cc1F)C(F)(F)F. The van der Waals surface area contributed by atoms with Gasteiger partial charge in [-0.15, -0.1) is 11.6 Å². The third kappa shape index (κ3) is 3.70. The van der Waals surface area contributed by atoms with Crippen LogP contribution in [0.25, 0.3) is 0 Å². The molecule has 0 aliphatic rings. The van der Waals surface area contributed by atoms with Crippen LogP contribution in [0.3, 0.4) is 0 Å². The number of esters is 1. The average molecular weight is 362 g/mol. The van der Waals surface area contributed by atoms with Crippen LogP contribution in [0.4, 0.5) is 27.6 Å². The first-order chi connectivity index (χ1) is 10.4. The summed E-state index contributed by atoms with van der Waals surface area (Å²) in [6.07, 6.45) is -5.65. The Kier molecular flexibility index (Phi) is 5.54. The highest BCUT2D eigenvalue weighted by molar-refractivity contribution is 6.35. The van der Waals surface area contributed by atoms with Crippen molar-refractivity contribution >= 4 is 29.2 Å². The number of carbonyl (C=O) groups is 2. The van der Waals surface area contributed by atoms with E-state index in [-0.39, 0.29) is 0 Å². The number of nitrogens with one attached hydrogen (secondary N) is 1. The number of ether oxygens (including phenoxy) is 1. The Labute approximate surface area is 131 Å². The van der Waals surface area contributed by atoms with Gasteiger partial charge in [-0.25, -0.2) is 13.6 Å². The van der Waals surface area contributed by atoms with E-state index in [9.17, 15) is 36.6 Å². The molecule has 0 radical (unpaired) electrons. The second-order valence-corrected chi connectivity index (χ2v) is 4.67. The van der Waals surface area contributed by atoms with Crippen LogP contribution in [-0.2, 0) is 14.3 Å². The summed E-state index contributed by atoms with van der Waals surface area (Å²) in [5, 5.41) is 8.22. The molecule has 0 aromatic heterocycles. The highest BCUT2D eigenvalue weighted by Gasteiger charge is 2.67. The van der Waals surface area contributed by atoms with E-state index < -0.39 is 46.4 Å². The lowest BCUT2D eigenvalue weighted by Crippen LogP contribution is -2.62. The summed E-state index contributed by atoms with van der Waals surface area (Å²) in [7, 11) is 0.542. The number of aliphatic hydroxyl groups is 1. The van der Waals surface area contributed by atoms with Gasteiger partial charge in [0.15, 0.2) is 5.38 Å². The Balaban J connectivity index is 3.12. The number of alkyl halides is 4. The first kappa shape index (κ1) is 19.1. The zero-order chi connectivity index (χ0) is 18.0. The molecular formula is C12H9ClF5NO4. The van der Waals surface area contributed by atoms with Crippen molar-refractivity contribution in [1.29, 1.82) is 0 Å². The molecule has 0 saturated carbocycles. The van der Waals surface area contributed by atoms with Gasteiger partial charge < -0.3 is 15.2 Å². The highest BCUT2D eigenvalue weighted by atomic mass is 35.5. The molecule has 23 heavy (non-hydrogen) atoms. The van der Waals surface area contributed by atoms with Gasteiger partial charge in [0.25, 0.3) is 5.60 Å². The summed E-state index contributed by atoms with van der Waals surface area (Å²) < 4.78 is 68.5. The summed E-state index contributed by atoms with van der Waals surface area (Å²) >= 11 is 5.25. The fraction of sp³-hybridized carbons (Fsp3) is 0.333. The summed E-state index contributed by atoms with van der Waals surface area (Å²) in [6.45, 7) is 0. The van der Waals surface area contributed by atoms with E-state index in [1.807, 2.05) is 0 Å². The third-order valence-electron chi connectivity index (χ3n) is 2.71. The third-order valence-corrected chi connectivity index (χ3v) is 3.23. The Bertz CT molecular complexity index is 624. The molecule has 5 nitrogen and oxygen atoms in total. The summed E-state index contributed by atoms with van der Waals surface area (Å²) in [4.78, 5) is 22.9. The van der Waals surface area contributed by atoms with Crippen molar-refractivity contribution < 1.29 is 41.4 Å². The van der Waals surface area contributed by atoms with Gasteiger partial charge in [-0.05, 0) is 12.1 Å². The van der Waals surface area contributed by atoms with Gasteiger partial charge in [-0.1, -0.05) is 0 Å². The topological polar surface area (TPSA) is 75.6 Å². The molecule has 11 heteroatoms. The highest BCUT2D eigenvalue weighted by Crippen LogP contribution is 2.37. The minimum absolute atomic E-state index is 0.356. The Morgan fingerprint density at radius 1 is 1.30 bits per heavy atom. The normalized spacial score (nSPS) is 15.5. The lowest BCUT2D eigenvalue weighted by atomic mass is 9.98. The Morgan fingerprint density at radius 3 is 2.30 bits per heavy atom. The lowest BCUT2D eigenvalue weighted by Gasteiger charge is -2.30. The van der Waals surface area contributed by atoms with E-state index in [4.69, 9.17) is 11.6 Å². The van der Waals surface area contributed by atoms with Crippen molar-refractivity contribution in [2.24, 2.45) is 0 Å². The van der Waals surface area contributed by atoms with Crippen LogP contribution in [0.2, 0.25) is 0 Å². The second-order valence-electron chi connectivity index (χ2n) is 4.23. The first-order valence-electron chi connectivity index (χ1n) is 5.72. The Morgan fingerprint density at radius 2 is 1.87 bits per heavy atom. The van der Waals surface area contributed by atoms with Gasteiger partial charge in [0.2, 0.25) is 5.91 Å². The van der Waals surface area contributed by atoms with Crippen LogP contribution in [0.15, 0.2) is 18.2 Å². The maximum absolute atomic E-state index is 13.4. The summed E-state index contributed by atoms with van der Waals surface area (Å²) in [6, 6.07) is 1.80. The maximum Gasteiger partial charge on any atom is 0.430 e. The molecule has 128 valence electrons. The van der Waals surface area contributed by atoms with Gasteiger partial charge in [0, 0.05) is 6.07 Å². The van der Waals surface area contributed by atoms with Gasteiger partial charge in [0.1, 0.15) is 11.6 Å². The van der Waals surface area contributed by atoms with Crippen LogP contribution >= 0.6 is 11.6 Å². The molecule has 0 aliphatic heterocycles. The fourth-order valence-corrected chi connectivity index (χ4v) is 1.76. The molecule has 1 rings (SSSR count). The van der Waals surface area contributed by atoms with Crippen LogP contribution in [0, 0.1) is 11.6 Å². The van der Waals surface area contributed by atoms with Gasteiger partial charge in [-0.2, -0.15) is 13.2 Å². The number of hydrogen-bond donors (Lipinski definition) is 2. The van der Waals surface area contributed by atoms with Crippen LogP contribution in [0.5, 0.6) is 0 Å². The Hall–Kier alpha value is -1.94. The average Bonchev–Trinajstić information content (AvgIpc) is 2.46. The number of amides is 1. The zero-order valence-electron chi connectivity index (χ0n) is 11.2. The van der Waals surface area contributed by atoms with Crippen LogP contribution in [0.1, 0.15) is 0 Å². The molecule has 1 amide bonds. The van der Waals surface area contributed by atoms with E-state index in [2.05, 4.69) is 4.74 Å². The van der Waals surface area contributed by atoms with E-state index in [0.29, 0.717) is 13.2 Å². The van der Waals surface area contributed by atoms with Gasteiger partial charge >= 0.3 is 12.1 Å². The van der Waals surface area contributed by atoms with E-state index in [0.717, 1.165) is 12.1 Å². The first-order valence-corrected chi connectivity index (χ1v) is 6.16. The van der Waals surface area contributed by atoms with Gasteiger partial charge in [-0.3, -0.25) is 4.79 Å². The minimum atomic E-state index is -5.65. The lowest BCUT2D eigenvalue weighted by molar-refractivity contribution is -0.260. The molecule has 0 aliphatic carbocycles. The molecule has 0 heterocycles. The largest absolute Gasteiger partial charge is 0.467 e. The van der Waals surface area contributed by atoms with Crippen LogP contribution < -0.4 is 5.32 Å². The second kappa shape index (κ2) is 6.67.